The minimum Gasteiger partial charge on any atom is -0.114 e. The van der Waals surface area contributed by atoms with Crippen LogP contribution in [0.5, 0.6) is 0 Å². The van der Waals surface area contributed by atoms with E-state index in [1.807, 2.05) is 24.3 Å². The van der Waals surface area contributed by atoms with Gasteiger partial charge in [0.1, 0.15) is 0 Å². The van der Waals surface area contributed by atoms with Gasteiger partial charge in [-0.3, -0.25) is 0 Å². The number of hydrogen-bond acceptors (Lipinski definition) is 0. The first-order valence-corrected chi connectivity index (χ1v) is 4.97. The second-order valence-corrected chi connectivity index (χ2v) is 3.76. The van der Waals surface area contributed by atoms with Crippen molar-refractivity contribution in [2.24, 2.45) is 0 Å². The third-order valence-electron chi connectivity index (χ3n) is 2.30. The van der Waals surface area contributed by atoms with Gasteiger partial charge in [-0.2, -0.15) is 0 Å². The van der Waals surface area contributed by atoms with Crippen LogP contribution in [0, 0.1) is 6.92 Å². The Kier molecular flexibility index (Phi) is 4.37. The van der Waals surface area contributed by atoms with Crippen molar-refractivity contribution in [1.29, 1.82) is 0 Å². The van der Waals surface area contributed by atoms with E-state index in [2.05, 4.69) is 31.2 Å². The fourth-order valence-corrected chi connectivity index (χ4v) is 1.65. The molecule has 2 aromatic rings. The lowest BCUT2D eigenvalue weighted by Gasteiger charge is -2.05. The van der Waals surface area contributed by atoms with Gasteiger partial charge in [-0.05, 0) is 35.7 Å². The van der Waals surface area contributed by atoms with Crippen LogP contribution < -0.4 is 0 Å². The minimum atomic E-state index is 0. The lowest BCUT2D eigenvalue weighted by Crippen LogP contribution is -1.81. The first kappa shape index (κ1) is 12.3. The van der Waals surface area contributed by atoms with E-state index < -0.39 is 0 Å². The Morgan fingerprint density at radius 3 is 2.07 bits per heavy atom. The van der Waals surface area contributed by atoms with E-state index in [0.717, 1.165) is 5.02 Å². The second kappa shape index (κ2) is 5.34. The molecule has 78 valence electrons. The van der Waals surface area contributed by atoms with Crippen LogP contribution in [-0.4, -0.2) is 0 Å². The first-order chi connectivity index (χ1) is 6.77. The van der Waals surface area contributed by atoms with Crippen molar-refractivity contribution >= 4 is 28.6 Å². The monoisotopic (exact) mass is 282 g/mol. The highest BCUT2D eigenvalue weighted by atomic mass is 79.9. The zero-order valence-corrected chi connectivity index (χ0v) is 10.9. The predicted octanol–water partition coefficient (Wildman–Crippen LogP) is 4.89. The molecule has 0 unspecified atom stereocenters. The van der Waals surface area contributed by atoms with Crippen molar-refractivity contribution in [2.75, 3.05) is 0 Å². The van der Waals surface area contributed by atoms with Crippen molar-refractivity contribution in [1.82, 2.24) is 0 Å². The fraction of sp³-hybridized carbons (Fsp3) is 0.0769. The van der Waals surface area contributed by atoms with E-state index in [4.69, 9.17) is 11.6 Å². The summed E-state index contributed by atoms with van der Waals surface area (Å²) in [7, 11) is 0. The summed E-state index contributed by atoms with van der Waals surface area (Å²) in [6.45, 7) is 2.12. The van der Waals surface area contributed by atoms with E-state index in [0.29, 0.717) is 0 Å². The largest absolute Gasteiger partial charge is 0.114 e. The average Bonchev–Trinajstić information content (AvgIpc) is 2.20. The Balaban J connectivity index is 0.00000112. The maximum atomic E-state index is 5.84. The van der Waals surface area contributed by atoms with E-state index in [-0.39, 0.29) is 17.0 Å². The molecule has 15 heavy (non-hydrogen) atoms. The molecule has 2 rings (SSSR count). The van der Waals surface area contributed by atoms with Crippen LogP contribution in [0.2, 0.25) is 5.02 Å². The Labute approximate surface area is 106 Å². The van der Waals surface area contributed by atoms with Crippen molar-refractivity contribution in [3.8, 4) is 11.1 Å². The summed E-state index contributed by atoms with van der Waals surface area (Å²) >= 11 is 5.84. The number of rotatable bonds is 1. The highest BCUT2D eigenvalue weighted by molar-refractivity contribution is 8.93. The van der Waals surface area contributed by atoms with Gasteiger partial charge in [0.2, 0.25) is 0 Å². The Hall–Kier alpha value is -0.790. The summed E-state index contributed by atoms with van der Waals surface area (Å²) in [5.41, 5.74) is 3.77. The van der Waals surface area contributed by atoms with E-state index >= 15 is 0 Å². The SMILES string of the molecule is Br.Cc1ccccc1-c1ccc(Cl)cc1. The summed E-state index contributed by atoms with van der Waals surface area (Å²) < 4.78 is 0. The van der Waals surface area contributed by atoms with Crippen LogP contribution in [0.3, 0.4) is 0 Å². The molecule has 0 saturated carbocycles. The lowest BCUT2D eigenvalue weighted by molar-refractivity contribution is 1.46. The van der Waals surface area contributed by atoms with Gasteiger partial charge in [-0.1, -0.05) is 48.0 Å². The van der Waals surface area contributed by atoms with Gasteiger partial charge >= 0.3 is 0 Å². The van der Waals surface area contributed by atoms with Gasteiger partial charge in [0.25, 0.3) is 0 Å². The van der Waals surface area contributed by atoms with Gasteiger partial charge in [0.05, 0.1) is 0 Å². The molecule has 0 spiro atoms. The maximum Gasteiger partial charge on any atom is 0.0406 e. The van der Waals surface area contributed by atoms with Crippen LogP contribution in [0.1, 0.15) is 5.56 Å². The van der Waals surface area contributed by atoms with Crippen molar-refractivity contribution in [2.45, 2.75) is 6.92 Å². The third-order valence-corrected chi connectivity index (χ3v) is 2.55. The molecule has 0 aliphatic rings. The molecule has 0 aliphatic heterocycles. The zero-order chi connectivity index (χ0) is 9.97. The molecule has 0 amide bonds. The van der Waals surface area contributed by atoms with Crippen molar-refractivity contribution < 1.29 is 0 Å². The second-order valence-electron chi connectivity index (χ2n) is 3.32. The Morgan fingerprint density at radius 2 is 1.47 bits per heavy atom. The van der Waals surface area contributed by atoms with Gasteiger partial charge < -0.3 is 0 Å². The molecule has 0 heterocycles. The highest BCUT2D eigenvalue weighted by Crippen LogP contribution is 2.24. The highest BCUT2D eigenvalue weighted by Gasteiger charge is 1.99. The number of aryl methyl sites for hydroxylation is 1. The van der Waals surface area contributed by atoms with Crippen LogP contribution in [0.4, 0.5) is 0 Å². The Bertz CT molecular complexity index is 435. The molecule has 0 aliphatic carbocycles. The van der Waals surface area contributed by atoms with Gasteiger partial charge in [0, 0.05) is 5.02 Å². The lowest BCUT2D eigenvalue weighted by atomic mass is 10.0. The number of halogens is 2. The molecule has 0 N–H and O–H groups in total. The molecule has 0 aromatic heterocycles. The normalized spacial score (nSPS) is 9.47. The van der Waals surface area contributed by atoms with Crippen molar-refractivity contribution in [3.63, 3.8) is 0 Å². The first-order valence-electron chi connectivity index (χ1n) is 4.59. The van der Waals surface area contributed by atoms with E-state index in [1.54, 1.807) is 0 Å². The molecule has 0 saturated heterocycles. The smallest absolute Gasteiger partial charge is 0.0406 e. The topological polar surface area (TPSA) is 0 Å². The van der Waals surface area contributed by atoms with Crippen molar-refractivity contribution in [3.05, 3.63) is 59.1 Å². The summed E-state index contributed by atoms with van der Waals surface area (Å²) in [6.07, 6.45) is 0. The van der Waals surface area contributed by atoms with Crippen LogP contribution in [0.15, 0.2) is 48.5 Å². The molecule has 2 aromatic carbocycles. The number of benzene rings is 2. The van der Waals surface area contributed by atoms with Gasteiger partial charge in [-0.25, -0.2) is 0 Å². The maximum absolute atomic E-state index is 5.84. The van der Waals surface area contributed by atoms with Crippen LogP contribution >= 0.6 is 28.6 Å². The van der Waals surface area contributed by atoms with Crippen LogP contribution in [-0.2, 0) is 0 Å². The van der Waals surface area contributed by atoms with Crippen LogP contribution in [0.25, 0.3) is 11.1 Å². The summed E-state index contributed by atoms with van der Waals surface area (Å²) in [5.74, 6) is 0. The van der Waals surface area contributed by atoms with Gasteiger partial charge in [0.15, 0.2) is 0 Å². The summed E-state index contributed by atoms with van der Waals surface area (Å²) in [4.78, 5) is 0. The quantitative estimate of drug-likeness (QED) is 0.699. The number of hydrogen-bond donors (Lipinski definition) is 0. The fourth-order valence-electron chi connectivity index (χ4n) is 1.53. The molecule has 0 fully saturated rings. The third kappa shape index (κ3) is 2.83. The Morgan fingerprint density at radius 1 is 0.867 bits per heavy atom. The molecular weight excluding hydrogens is 272 g/mol. The zero-order valence-electron chi connectivity index (χ0n) is 8.41. The summed E-state index contributed by atoms with van der Waals surface area (Å²) in [5, 5.41) is 0.780. The molecule has 0 radical (unpaired) electrons. The standard InChI is InChI=1S/C13H11Cl.BrH/c1-10-4-2-3-5-13(10)11-6-8-12(14)9-7-11;/h2-9H,1H3;1H. The van der Waals surface area contributed by atoms with Gasteiger partial charge in [-0.15, -0.1) is 17.0 Å². The molecule has 2 heteroatoms. The predicted molar refractivity (Wildman–Crippen MR) is 71.9 cm³/mol. The molecular formula is C13H12BrCl. The average molecular weight is 284 g/mol. The molecule has 0 atom stereocenters. The van der Waals surface area contributed by atoms with E-state index in [9.17, 15) is 0 Å². The molecule has 0 bridgehead atoms. The molecule has 0 nitrogen and oxygen atoms in total. The summed E-state index contributed by atoms with van der Waals surface area (Å²) in [6, 6.07) is 16.3. The van der Waals surface area contributed by atoms with E-state index in [1.165, 1.54) is 16.7 Å². The minimum absolute atomic E-state index is 0.